The monoisotopic (exact) mass is 649 g/mol. The lowest BCUT2D eigenvalue weighted by Crippen LogP contribution is -2.19. The van der Waals surface area contributed by atoms with Crippen molar-refractivity contribution in [1.29, 1.82) is 0 Å². The molecule has 0 aliphatic heterocycles. The first-order valence-corrected chi connectivity index (χ1v) is 13.4. The van der Waals surface area contributed by atoms with Gasteiger partial charge >= 0.3 is 6.09 Å². The van der Waals surface area contributed by atoms with Gasteiger partial charge in [0.25, 0.3) is 5.91 Å². The highest BCUT2D eigenvalue weighted by atomic mass is 35.5. The van der Waals surface area contributed by atoms with Gasteiger partial charge in [-0.1, -0.05) is 40.9 Å². The maximum absolute atomic E-state index is 14.9. The number of halogens is 7. The van der Waals surface area contributed by atoms with Crippen LogP contribution in [0.25, 0.3) is 0 Å². The molecule has 0 saturated heterocycles. The van der Waals surface area contributed by atoms with Crippen molar-refractivity contribution in [3.63, 3.8) is 0 Å². The Morgan fingerprint density at radius 1 is 0.900 bits per heavy atom. The molecule has 40 heavy (non-hydrogen) atoms. The van der Waals surface area contributed by atoms with Gasteiger partial charge in [-0.3, -0.25) is 14.9 Å². The van der Waals surface area contributed by atoms with E-state index in [9.17, 15) is 23.2 Å². The Kier molecular flexibility index (Phi) is 9.02. The number of anilines is 3. The van der Waals surface area contributed by atoms with Gasteiger partial charge in [-0.25, -0.2) is 13.6 Å². The van der Waals surface area contributed by atoms with E-state index < -0.39 is 57.1 Å². The van der Waals surface area contributed by atoms with Crippen molar-refractivity contribution < 1.29 is 27.9 Å². The van der Waals surface area contributed by atoms with Gasteiger partial charge in [0.2, 0.25) is 5.91 Å². The van der Waals surface area contributed by atoms with Crippen molar-refractivity contribution in [2.75, 3.05) is 22.6 Å². The molecule has 1 aliphatic rings. The maximum Gasteiger partial charge on any atom is 0.411 e. The molecular formula is C26H18Cl5F2N3O4. The first-order chi connectivity index (χ1) is 18.8. The highest BCUT2D eigenvalue weighted by molar-refractivity contribution is 6.53. The Morgan fingerprint density at radius 2 is 1.60 bits per heavy atom. The molecule has 0 bridgehead atoms. The van der Waals surface area contributed by atoms with E-state index in [4.69, 9.17) is 58.0 Å². The van der Waals surface area contributed by atoms with Crippen molar-refractivity contribution in [3.05, 3.63) is 86.4 Å². The molecule has 210 valence electrons. The number of nitrogens with one attached hydrogen (secondary N) is 3. The number of hydrogen-bond acceptors (Lipinski definition) is 4. The standard InChI is InChI=1S/C26H18Cl5F2N3O4/c1-2-40-25(39)36-22-17(32)7-8-18(21(22)33)35-23(37)13-10-12(4-6-14(13)27)34-24(38)20-19(26(20,30)31)11-3-5-15(28)16(29)9-11/h3-10,19-20H,2H2,1H3,(H,34,38)(H,35,37)(H,36,39)/t19-,20+/m0/s1. The zero-order valence-electron chi connectivity index (χ0n) is 20.3. The number of rotatable bonds is 7. The van der Waals surface area contributed by atoms with E-state index in [2.05, 4.69) is 15.4 Å². The Morgan fingerprint density at radius 3 is 2.27 bits per heavy atom. The molecule has 2 atom stereocenters. The van der Waals surface area contributed by atoms with Gasteiger partial charge in [-0.2, -0.15) is 0 Å². The lowest BCUT2D eigenvalue weighted by molar-refractivity contribution is -0.117. The number of alkyl halides is 2. The van der Waals surface area contributed by atoms with Gasteiger partial charge in [0.1, 0.15) is 15.8 Å². The third-order valence-corrected chi connectivity index (χ3v) is 7.97. The van der Waals surface area contributed by atoms with Gasteiger partial charge < -0.3 is 15.4 Å². The van der Waals surface area contributed by atoms with Crippen LogP contribution < -0.4 is 16.0 Å². The fraction of sp³-hybridized carbons (Fsp3) is 0.192. The fourth-order valence-electron chi connectivity index (χ4n) is 3.99. The van der Waals surface area contributed by atoms with Crippen LogP contribution in [-0.2, 0) is 9.53 Å². The Bertz CT molecular complexity index is 1520. The summed E-state index contributed by atoms with van der Waals surface area (Å²) >= 11 is 31.0. The van der Waals surface area contributed by atoms with E-state index in [0.717, 1.165) is 12.1 Å². The zero-order valence-corrected chi connectivity index (χ0v) is 24.0. The number of hydrogen-bond donors (Lipinski definition) is 3. The van der Waals surface area contributed by atoms with Crippen molar-refractivity contribution in [2.24, 2.45) is 5.92 Å². The smallest absolute Gasteiger partial charge is 0.411 e. The number of carbonyl (C=O) groups excluding carboxylic acids is 3. The topological polar surface area (TPSA) is 96.5 Å². The highest BCUT2D eigenvalue weighted by Gasteiger charge is 2.67. The largest absolute Gasteiger partial charge is 0.450 e. The highest BCUT2D eigenvalue weighted by Crippen LogP contribution is 2.65. The molecular weight excluding hydrogens is 634 g/mol. The predicted molar refractivity (Wildman–Crippen MR) is 152 cm³/mol. The second kappa shape index (κ2) is 12.0. The van der Waals surface area contributed by atoms with E-state index in [1.165, 1.54) is 25.1 Å². The molecule has 3 aromatic rings. The van der Waals surface area contributed by atoms with Gasteiger partial charge in [0.15, 0.2) is 5.82 Å². The lowest BCUT2D eigenvalue weighted by Gasteiger charge is -2.13. The van der Waals surface area contributed by atoms with Crippen LogP contribution in [0.15, 0.2) is 48.5 Å². The Balaban J connectivity index is 1.51. The molecule has 1 saturated carbocycles. The van der Waals surface area contributed by atoms with E-state index in [1.807, 2.05) is 5.32 Å². The van der Waals surface area contributed by atoms with Gasteiger partial charge in [-0.15, -0.1) is 23.2 Å². The quantitative estimate of drug-likeness (QED) is 0.224. The number of carbonyl (C=O) groups is 3. The summed E-state index contributed by atoms with van der Waals surface area (Å²) in [6, 6.07) is 10.7. The summed E-state index contributed by atoms with van der Waals surface area (Å²) in [4.78, 5) is 37.6. The number of ether oxygens (including phenoxy) is 1. The molecule has 0 radical (unpaired) electrons. The first-order valence-electron chi connectivity index (χ1n) is 11.5. The predicted octanol–water partition coefficient (Wildman–Crippen LogP) is 8.27. The SMILES string of the molecule is CCOC(=O)Nc1c(F)ccc(NC(=O)c2cc(NC(=O)[C@H]3[C@H](c4ccc(Cl)c(Cl)c4)C3(Cl)Cl)ccc2Cl)c1F. The van der Waals surface area contributed by atoms with E-state index in [1.54, 1.807) is 18.2 Å². The van der Waals surface area contributed by atoms with Gasteiger partial charge in [-0.05, 0) is 55.0 Å². The molecule has 3 aromatic carbocycles. The van der Waals surface area contributed by atoms with Gasteiger partial charge in [0, 0.05) is 11.6 Å². The van der Waals surface area contributed by atoms with Crippen molar-refractivity contribution in [1.82, 2.24) is 0 Å². The minimum absolute atomic E-state index is 0.0213. The summed E-state index contributed by atoms with van der Waals surface area (Å²) in [5.41, 5.74) is -0.598. The fourth-order valence-corrected chi connectivity index (χ4v) is 5.33. The second-order valence-electron chi connectivity index (χ2n) is 8.57. The van der Waals surface area contributed by atoms with Crippen LogP contribution in [-0.4, -0.2) is 28.8 Å². The third-order valence-electron chi connectivity index (χ3n) is 5.96. The Hall–Kier alpha value is -2.82. The zero-order chi connectivity index (χ0) is 29.4. The average molecular weight is 652 g/mol. The molecule has 14 heteroatoms. The van der Waals surface area contributed by atoms with Crippen LogP contribution in [0.3, 0.4) is 0 Å². The van der Waals surface area contributed by atoms with E-state index in [0.29, 0.717) is 10.6 Å². The third kappa shape index (κ3) is 6.24. The molecule has 1 aliphatic carbocycles. The number of benzene rings is 3. The van der Waals surface area contributed by atoms with Crippen LogP contribution in [0, 0.1) is 17.6 Å². The Labute approximate surface area is 252 Å². The number of amides is 3. The average Bonchev–Trinajstić information content (AvgIpc) is 3.48. The second-order valence-corrected chi connectivity index (χ2v) is 11.2. The van der Waals surface area contributed by atoms with E-state index in [-0.39, 0.29) is 27.9 Å². The minimum Gasteiger partial charge on any atom is -0.450 e. The summed E-state index contributed by atoms with van der Waals surface area (Å²) in [6.07, 6.45) is -1.08. The van der Waals surface area contributed by atoms with Crippen molar-refractivity contribution in [2.45, 2.75) is 17.2 Å². The minimum atomic E-state index is -1.41. The van der Waals surface area contributed by atoms with E-state index >= 15 is 0 Å². The molecule has 4 rings (SSSR count). The molecule has 0 heterocycles. The lowest BCUT2D eigenvalue weighted by atomic mass is 10.1. The summed E-state index contributed by atoms with van der Waals surface area (Å²) in [5, 5.41) is 7.46. The summed E-state index contributed by atoms with van der Waals surface area (Å²) in [7, 11) is 0. The summed E-state index contributed by atoms with van der Waals surface area (Å²) in [5.74, 6) is -5.16. The summed E-state index contributed by atoms with van der Waals surface area (Å²) < 4.78 is 32.2. The molecule has 0 aromatic heterocycles. The maximum atomic E-state index is 14.9. The molecule has 0 spiro atoms. The molecule has 7 nitrogen and oxygen atoms in total. The van der Waals surface area contributed by atoms with Crippen molar-refractivity contribution >= 4 is 93.0 Å². The molecule has 3 amide bonds. The van der Waals surface area contributed by atoms with Crippen LogP contribution in [0.1, 0.15) is 28.8 Å². The van der Waals surface area contributed by atoms with Crippen LogP contribution >= 0.6 is 58.0 Å². The van der Waals surface area contributed by atoms with Crippen molar-refractivity contribution in [3.8, 4) is 0 Å². The van der Waals surface area contributed by atoms with Crippen LogP contribution in [0.5, 0.6) is 0 Å². The van der Waals surface area contributed by atoms with Crippen LogP contribution in [0.2, 0.25) is 15.1 Å². The van der Waals surface area contributed by atoms with Crippen LogP contribution in [0.4, 0.5) is 30.6 Å². The molecule has 0 unspecified atom stereocenters. The molecule has 3 N–H and O–H groups in total. The summed E-state index contributed by atoms with van der Waals surface area (Å²) in [6.45, 7) is 1.49. The van der Waals surface area contributed by atoms with Gasteiger partial charge in [0.05, 0.1) is 38.8 Å². The first kappa shape index (κ1) is 30.1. The normalized spacial score (nSPS) is 17.1. The molecule has 1 fully saturated rings.